The van der Waals surface area contributed by atoms with Crippen LogP contribution in [-0.2, 0) is 22.3 Å². The first kappa shape index (κ1) is 21.1. The van der Waals surface area contributed by atoms with Crippen LogP contribution in [-0.4, -0.2) is 21.7 Å². The van der Waals surface area contributed by atoms with Crippen molar-refractivity contribution in [2.75, 3.05) is 0 Å². The molecule has 0 spiro atoms. The molecule has 1 N–H and O–H groups in total. The molecule has 1 aromatic carbocycles. The summed E-state index contributed by atoms with van der Waals surface area (Å²) >= 11 is 1.31. The quantitative estimate of drug-likeness (QED) is 0.688. The molecular formula is C21H20F3NO3S. The summed E-state index contributed by atoms with van der Waals surface area (Å²) < 4.78 is 39.1. The van der Waals surface area contributed by atoms with E-state index in [0.29, 0.717) is 4.88 Å². The smallest absolute Gasteiger partial charge is 0.416 e. The van der Waals surface area contributed by atoms with E-state index in [1.54, 1.807) is 17.5 Å². The van der Waals surface area contributed by atoms with E-state index < -0.39 is 29.4 Å². The van der Waals surface area contributed by atoms with Crippen LogP contribution in [0.1, 0.15) is 42.3 Å². The van der Waals surface area contributed by atoms with E-state index in [4.69, 9.17) is 0 Å². The SMILES string of the molecule is CC(C)CC(=O)C1=C(O)C(=O)N(Cc2cccc(C(F)(F)F)c2)C1c1cccs1. The van der Waals surface area contributed by atoms with Crippen molar-refractivity contribution < 1.29 is 27.9 Å². The van der Waals surface area contributed by atoms with Crippen LogP contribution in [0.3, 0.4) is 0 Å². The van der Waals surface area contributed by atoms with E-state index >= 15 is 0 Å². The molecule has 0 bridgehead atoms. The molecule has 0 fully saturated rings. The molecule has 1 aromatic heterocycles. The number of benzene rings is 1. The van der Waals surface area contributed by atoms with Crippen LogP contribution in [0.4, 0.5) is 13.2 Å². The van der Waals surface area contributed by atoms with Crippen molar-refractivity contribution in [1.82, 2.24) is 4.90 Å². The second-order valence-corrected chi connectivity index (χ2v) is 8.31. The zero-order valence-corrected chi connectivity index (χ0v) is 16.7. The Kier molecular flexibility index (Phi) is 5.84. The van der Waals surface area contributed by atoms with Gasteiger partial charge in [0.2, 0.25) is 0 Å². The Morgan fingerprint density at radius 3 is 2.55 bits per heavy atom. The molecule has 1 atom stereocenters. The third-order valence-corrected chi connectivity index (χ3v) is 5.54. The normalized spacial score (nSPS) is 17.5. The maximum atomic E-state index is 13.0. The van der Waals surface area contributed by atoms with E-state index in [1.165, 1.54) is 28.4 Å². The summed E-state index contributed by atoms with van der Waals surface area (Å²) in [6.45, 7) is 3.55. The fourth-order valence-corrected chi connectivity index (χ4v) is 4.21. The van der Waals surface area contributed by atoms with Gasteiger partial charge in [-0.1, -0.05) is 32.0 Å². The first-order valence-corrected chi connectivity index (χ1v) is 9.94. The van der Waals surface area contributed by atoms with Crippen molar-refractivity contribution in [3.05, 3.63) is 69.1 Å². The summed E-state index contributed by atoms with van der Waals surface area (Å²) in [6, 6.07) is 7.37. The van der Waals surface area contributed by atoms with Crippen LogP contribution >= 0.6 is 11.3 Å². The van der Waals surface area contributed by atoms with Crippen molar-refractivity contribution in [2.24, 2.45) is 5.92 Å². The minimum absolute atomic E-state index is 0.0122. The number of alkyl halides is 3. The summed E-state index contributed by atoms with van der Waals surface area (Å²) in [5, 5.41) is 12.2. The van der Waals surface area contributed by atoms with Gasteiger partial charge in [0.25, 0.3) is 5.91 Å². The highest BCUT2D eigenvalue weighted by molar-refractivity contribution is 7.10. The average Bonchev–Trinajstić information content (AvgIpc) is 3.23. The van der Waals surface area contributed by atoms with E-state index in [-0.39, 0.29) is 35.8 Å². The Bertz CT molecular complexity index is 948. The summed E-state index contributed by atoms with van der Waals surface area (Å²) in [5.74, 6) is -1.69. The first-order valence-electron chi connectivity index (χ1n) is 9.06. The van der Waals surface area contributed by atoms with Crippen LogP contribution < -0.4 is 0 Å². The number of nitrogens with zero attached hydrogens (tertiary/aromatic N) is 1. The number of amides is 1. The average molecular weight is 423 g/mol. The van der Waals surface area contributed by atoms with Gasteiger partial charge in [-0.05, 0) is 35.1 Å². The Morgan fingerprint density at radius 1 is 1.24 bits per heavy atom. The highest BCUT2D eigenvalue weighted by Gasteiger charge is 2.44. The number of aliphatic hydroxyl groups excluding tert-OH is 1. The molecule has 0 aliphatic carbocycles. The zero-order chi connectivity index (χ0) is 21.3. The highest BCUT2D eigenvalue weighted by Crippen LogP contribution is 2.41. The molecule has 0 saturated heterocycles. The fourth-order valence-electron chi connectivity index (χ4n) is 3.37. The van der Waals surface area contributed by atoms with E-state index in [1.807, 2.05) is 13.8 Å². The van der Waals surface area contributed by atoms with Gasteiger partial charge in [-0.25, -0.2) is 0 Å². The Morgan fingerprint density at radius 2 is 1.97 bits per heavy atom. The predicted octanol–water partition coefficient (Wildman–Crippen LogP) is 5.28. The summed E-state index contributed by atoms with van der Waals surface area (Å²) in [4.78, 5) is 27.4. The van der Waals surface area contributed by atoms with Gasteiger partial charge < -0.3 is 10.0 Å². The monoisotopic (exact) mass is 423 g/mol. The van der Waals surface area contributed by atoms with Crippen LogP contribution in [0, 0.1) is 5.92 Å². The largest absolute Gasteiger partial charge is 0.503 e. The summed E-state index contributed by atoms with van der Waals surface area (Å²) in [7, 11) is 0. The van der Waals surface area contributed by atoms with Gasteiger partial charge in [-0.15, -0.1) is 11.3 Å². The second-order valence-electron chi connectivity index (χ2n) is 7.33. The Hall–Kier alpha value is -2.61. The van der Waals surface area contributed by atoms with Crippen LogP contribution in [0.25, 0.3) is 0 Å². The lowest BCUT2D eigenvalue weighted by molar-refractivity contribution is -0.137. The van der Waals surface area contributed by atoms with Crippen molar-refractivity contribution in [3.63, 3.8) is 0 Å². The lowest BCUT2D eigenvalue weighted by atomic mass is 9.95. The molecule has 4 nitrogen and oxygen atoms in total. The molecule has 8 heteroatoms. The number of thiophene rings is 1. The molecule has 1 amide bonds. The number of aliphatic hydroxyl groups is 1. The van der Waals surface area contributed by atoms with E-state index in [2.05, 4.69) is 0 Å². The molecular weight excluding hydrogens is 403 g/mol. The number of ketones is 1. The van der Waals surface area contributed by atoms with Crippen molar-refractivity contribution in [1.29, 1.82) is 0 Å². The van der Waals surface area contributed by atoms with Crippen molar-refractivity contribution in [2.45, 2.75) is 39.0 Å². The number of Topliss-reactive ketones (excluding diaryl/α,β-unsaturated/α-hetero) is 1. The lowest BCUT2D eigenvalue weighted by Gasteiger charge is -2.26. The number of halogens is 3. The molecule has 2 heterocycles. The second kappa shape index (κ2) is 8.02. The number of carbonyl (C=O) groups excluding carboxylic acids is 2. The predicted molar refractivity (Wildman–Crippen MR) is 103 cm³/mol. The maximum Gasteiger partial charge on any atom is 0.416 e. The zero-order valence-electron chi connectivity index (χ0n) is 15.9. The maximum absolute atomic E-state index is 13.0. The minimum Gasteiger partial charge on any atom is -0.503 e. The number of hydrogen-bond acceptors (Lipinski definition) is 4. The lowest BCUT2D eigenvalue weighted by Crippen LogP contribution is -2.30. The van der Waals surface area contributed by atoms with Gasteiger partial charge in [-0.2, -0.15) is 13.2 Å². The molecule has 154 valence electrons. The van der Waals surface area contributed by atoms with Crippen molar-refractivity contribution >= 4 is 23.0 Å². The molecule has 1 aliphatic heterocycles. The first-order chi connectivity index (χ1) is 13.6. The molecule has 0 radical (unpaired) electrons. The number of rotatable bonds is 6. The van der Waals surface area contributed by atoms with Gasteiger partial charge in [0, 0.05) is 17.8 Å². The van der Waals surface area contributed by atoms with Gasteiger partial charge in [-0.3, -0.25) is 9.59 Å². The topological polar surface area (TPSA) is 57.6 Å². The molecule has 1 unspecified atom stereocenters. The molecule has 1 aliphatic rings. The summed E-state index contributed by atoms with van der Waals surface area (Å²) in [6.07, 6.45) is -4.34. The van der Waals surface area contributed by atoms with Gasteiger partial charge in [0.15, 0.2) is 11.5 Å². The van der Waals surface area contributed by atoms with Gasteiger partial charge >= 0.3 is 6.18 Å². The van der Waals surface area contributed by atoms with Crippen LogP contribution in [0.15, 0.2) is 53.1 Å². The van der Waals surface area contributed by atoms with Crippen LogP contribution in [0.2, 0.25) is 0 Å². The highest BCUT2D eigenvalue weighted by atomic mass is 32.1. The Labute approximate surface area is 170 Å². The van der Waals surface area contributed by atoms with Gasteiger partial charge in [0.1, 0.15) is 0 Å². The number of carbonyl (C=O) groups is 2. The molecule has 29 heavy (non-hydrogen) atoms. The Balaban J connectivity index is 1.99. The van der Waals surface area contributed by atoms with Crippen molar-refractivity contribution in [3.8, 4) is 0 Å². The van der Waals surface area contributed by atoms with Crippen LogP contribution in [0.5, 0.6) is 0 Å². The molecule has 2 aromatic rings. The third kappa shape index (κ3) is 4.37. The van der Waals surface area contributed by atoms with E-state index in [0.717, 1.165) is 12.1 Å². The van der Waals surface area contributed by atoms with E-state index in [9.17, 15) is 27.9 Å². The standard InChI is InChI=1S/C21H20F3NO3S/c1-12(2)9-15(26)17-18(16-7-4-8-29-16)25(20(28)19(17)27)11-13-5-3-6-14(10-13)21(22,23)24/h3-8,10,12,18,27H,9,11H2,1-2H3. The summed E-state index contributed by atoms with van der Waals surface area (Å²) in [5.41, 5.74) is -0.541. The fraction of sp³-hybridized carbons (Fsp3) is 0.333. The van der Waals surface area contributed by atoms with Gasteiger partial charge in [0.05, 0.1) is 17.2 Å². The number of hydrogen-bond donors (Lipinski definition) is 1. The minimum atomic E-state index is -4.50. The third-order valence-electron chi connectivity index (χ3n) is 4.62. The molecule has 3 rings (SSSR count). The molecule has 0 saturated carbocycles.